The summed E-state index contributed by atoms with van der Waals surface area (Å²) in [6.45, 7) is 4.30. The molecule has 0 aliphatic heterocycles. The number of carbonyl (C=O) groups is 1. The molecule has 0 radical (unpaired) electrons. The number of halogens is 1. The van der Waals surface area contributed by atoms with Crippen molar-refractivity contribution in [1.82, 2.24) is 5.32 Å². The fourth-order valence-electron chi connectivity index (χ4n) is 2.12. The zero-order chi connectivity index (χ0) is 16.3. The Morgan fingerprint density at radius 3 is 2.59 bits per heavy atom. The highest BCUT2D eigenvalue weighted by atomic mass is 35.5. The minimum atomic E-state index is -0.558. The summed E-state index contributed by atoms with van der Waals surface area (Å²) in [6, 6.07) is 9.74. The lowest BCUT2D eigenvalue weighted by Crippen LogP contribution is -2.23. The number of nitro groups is 1. The van der Waals surface area contributed by atoms with Crippen molar-refractivity contribution >= 4 is 23.2 Å². The number of nitro benzene ring substituents is 1. The molecule has 2 aromatic carbocycles. The predicted octanol–water partition coefficient (Wildman–Crippen LogP) is 3.80. The third-order valence-electron chi connectivity index (χ3n) is 3.34. The minimum absolute atomic E-state index is 0.0978. The quantitative estimate of drug-likeness (QED) is 0.688. The molecule has 0 atom stereocenters. The minimum Gasteiger partial charge on any atom is -0.348 e. The molecule has 0 aliphatic rings. The number of rotatable bonds is 4. The van der Waals surface area contributed by atoms with E-state index in [1.165, 1.54) is 18.2 Å². The summed E-state index contributed by atoms with van der Waals surface area (Å²) in [5.41, 5.74) is 3.14. The zero-order valence-electron chi connectivity index (χ0n) is 12.2. The van der Waals surface area contributed by atoms with Crippen molar-refractivity contribution < 1.29 is 9.72 Å². The summed E-state index contributed by atoms with van der Waals surface area (Å²) in [7, 11) is 0. The third-order valence-corrected chi connectivity index (χ3v) is 3.67. The Hall–Kier alpha value is -2.40. The molecule has 0 aromatic heterocycles. The van der Waals surface area contributed by atoms with E-state index in [4.69, 9.17) is 11.6 Å². The van der Waals surface area contributed by atoms with Gasteiger partial charge in [-0.1, -0.05) is 35.4 Å². The Morgan fingerprint density at radius 2 is 1.95 bits per heavy atom. The molecule has 2 rings (SSSR count). The van der Waals surface area contributed by atoms with Crippen molar-refractivity contribution in [2.24, 2.45) is 0 Å². The van der Waals surface area contributed by atoms with E-state index < -0.39 is 10.8 Å². The highest BCUT2D eigenvalue weighted by molar-refractivity contribution is 6.33. The SMILES string of the molecule is Cc1ccc(CNC(=O)c2cc([N+](=O)[O-])ccc2Cl)c(C)c1. The number of amides is 1. The molecule has 0 spiro atoms. The molecule has 0 fully saturated rings. The lowest BCUT2D eigenvalue weighted by Gasteiger charge is -2.09. The molecule has 22 heavy (non-hydrogen) atoms. The van der Waals surface area contributed by atoms with Crippen molar-refractivity contribution in [2.75, 3.05) is 0 Å². The maximum atomic E-state index is 12.2. The highest BCUT2D eigenvalue weighted by Crippen LogP contribution is 2.22. The summed E-state index contributed by atoms with van der Waals surface area (Å²) in [4.78, 5) is 22.4. The van der Waals surface area contributed by atoms with Crippen LogP contribution in [0.25, 0.3) is 0 Å². The monoisotopic (exact) mass is 318 g/mol. The number of nitrogens with zero attached hydrogens (tertiary/aromatic N) is 1. The molecule has 6 heteroatoms. The fraction of sp³-hybridized carbons (Fsp3) is 0.188. The summed E-state index contributed by atoms with van der Waals surface area (Å²) in [6.07, 6.45) is 0. The maximum absolute atomic E-state index is 12.2. The Bertz CT molecular complexity index is 744. The first-order chi connectivity index (χ1) is 10.4. The van der Waals surface area contributed by atoms with Gasteiger partial charge in [-0.05, 0) is 31.0 Å². The van der Waals surface area contributed by atoms with Gasteiger partial charge in [0.25, 0.3) is 11.6 Å². The van der Waals surface area contributed by atoms with Crippen LogP contribution in [0.3, 0.4) is 0 Å². The lowest BCUT2D eigenvalue weighted by molar-refractivity contribution is -0.384. The summed E-state index contributed by atoms with van der Waals surface area (Å²) >= 11 is 5.95. The van der Waals surface area contributed by atoms with Crippen molar-refractivity contribution in [3.63, 3.8) is 0 Å². The first kappa shape index (κ1) is 16.0. The second-order valence-corrected chi connectivity index (χ2v) is 5.44. The van der Waals surface area contributed by atoms with Crippen LogP contribution in [0.5, 0.6) is 0 Å². The molecular formula is C16H15ClN2O3. The van der Waals surface area contributed by atoms with Crippen LogP contribution >= 0.6 is 11.6 Å². The van der Waals surface area contributed by atoms with E-state index in [9.17, 15) is 14.9 Å². The van der Waals surface area contributed by atoms with Gasteiger partial charge < -0.3 is 5.32 Å². The van der Waals surface area contributed by atoms with Crippen molar-refractivity contribution in [2.45, 2.75) is 20.4 Å². The van der Waals surface area contributed by atoms with E-state index >= 15 is 0 Å². The number of aryl methyl sites for hydroxylation is 2. The van der Waals surface area contributed by atoms with E-state index in [2.05, 4.69) is 5.32 Å². The van der Waals surface area contributed by atoms with Crippen LogP contribution in [-0.2, 0) is 6.54 Å². The number of carbonyl (C=O) groups excluding carboxylic acids is 1. The largest absolute Gasteiger partial charge is 0.348 e. The van der Waals surface area contributed by atoms with Gasteiger partial charge in [-0.2, -0.15) is 0 Å². The molecule has 5 nitrogen and oxygen atoms in total. The molecule has 2 aromatic rings. The van der Waals surface area contributed by atoms with Gasteiger partial charge >= 0.3 is 0 Å². The Labute approximate surface area is 133 Å². The molecule has 0 aliphatic carbocycles. The molecule has 0 bridgehead atoms. The Balaban J connectivity index is 2.15. The van der Waals surface area contributed by atoms with E-state index in [1.807, 2.05) is 32.0 Å². The van der Waals surface area contributed by atoms with Gasteiger partial charge in [0.1, 0.15) is 0 Å². The van der Waals surface area contributed by atoms with E-state index in [1.54, 1.807) is 0 Å². The average molecular weight is 319 g/mol. The standard InChI is InChI=1S/C16H15ClN2O3/c1-10-3-4-12(11(2)7-10)9-18-16(20)14-8-13(19(21)22)5-6-15(14)17/h3-8H,9H2,1-2H3,(H,18,20). The van der Waals surface area contributed by atoms with Crippen LogP contribution in [0.1, 0.15) is 27.0 Å². The van der Waals surface area contributed by atoms with Crippen LogP contribution in [-0.4, -0.2) is 10.8 Å². The number of hydrogen-bond acceptors (Lipinski definition) is 3. The van der Waals surface area contributed by atoms with E-state index in [-0.39, 0.29) is 16.3 Å². The fourth-order valence-corrected chi connectivity index (χ4v) is 2.32. The average Bonchev–Trinajstić information content (AvgIpc) is 2.46. The number of non-ortho nitro benzene ring substituents is 1. The van der Waals surface area contributed by atoms with Gasteiger partial charge in [0, 0.05) is 18.7 Å². The second-order valence-electron chi connectivity index (χ2n) is 5.03. The van der Waals surface area contributed by atoms with Crippen LogP contribution in [0.2, 0.25) is 5.02 Å². The Morgan fingerprint density at radius 1 is 1.23 bits per heavy atom. The third kappa shape index (κ3) is 3.62. The first-order valence-electron chi connectivity index (χ1n) is 6.67. The van der Waals surface area contributed by atoms with Gasteiger partial charge in [-0.15, -0.1) is 0 Å². The summed E-state index contributed by atoms with van der Waals surface area (Å²) < 4.78 is 0. The summed E-state index contributed by atoms with van der Waals surface area (Å²) in [5, 5.41) is 13.7. The maximum Gasteiger partial charge on any atom is 0.270 e. The summed E-state index contributed by atoms with van der Waals surface area (Å²) in [5.74, 6) is -0.436. The van der Waals surface area contributed by atoms with Gasteiger partial charge in [0.05, 0.1) is 15.5 Å². The molecule has 0 heterocycles. The second kappa shape index (κ2) is 6.58. The molecule has 0 saturated heterocycles. The molecule has 1 N–H and O–H groups in total. The smallest absolute Gasteiger partial charge is 0.270 e. The number of hydrogen-bond donors (Lipinski definition) is 1. The first-order valence-corrected chi connectivity index (χ1v) is 7.04. The molecule has 0 saturated carbocycles. The topological polar surface area (TPSA) is 72.2 Å². The van der Waals surface area contributed by atoms with Crippen molar-refractivity contribution in [1.29, 1.82) is 0 Å². The number of benzene rings is 2. The van der Waals surface area contributed by atoms with Gasteiger partial charge in [0.15, 0.2) is 0 Å². The molecular weight excluding hydrogens is 304 g/mol. The molecule has 1 amide bonds. The van der Waals surface area contributed by atoms with Crippen molar-refractivity contribution in [3.05, 3.63) is 73.8 Å². The van der Waals surface area contributed by atoms with E-state index in [0.717, 1.165) is 16.7 Å². The van der Waals surface area contributed by atoms with Gasteiger partial charge in [-0.3, -0.25) is 14.9 Å². The molecule has 0 unspecified atom stereocenters. The van der Waals surface area contributed by atoms with Crippen LogP contribution in [0, 0.1) is 24.0 Å². The van der Waals surface area contributed by atoms with Gasteiger partial charge in [0.2, 0.25) is 0 Å². The predicted molar refractivity (Wildman–Crippen MR) is 85.2 cm³/mol. The van der Waals surface area contributed by atoms with Crippen molar-refractivity contribution in [3.8, 4) is 0 Å². The zero-order valence-corrected chi connectivity index (χ0v) is 13.0. The van der Waals surface area contributed by atoms with Crippen LogP contribution in [0.15, 0.2) is 36.4 Å². The molecule has 114 valence electrons. The Kier molecular flexibility index (Phi) is 4.78. The van der Waals surface area contributed by atoms with Gasteiger partial charge in [-0.25, -0.2) is 0 Å². The van der Waals surface area contributed by atoms with Crippen LogP contribution < -0.4 is 5.32 Å². The normalized spacial score (nSPS) is 10.3. The lowest BCUT2D eigenvalue weighted by atomic mass is 10.1. The van der Waals surface area contributed by atoms with E-state index in [0.29, 0.717) is 6.54 Å². The number of nitrogens with one attached hydrogen (secondary N) is 1. The highest BCUT2D eigenvalue weighted by Gasteiger charge is 2.15. The van der Waals surface area contributed by atoms with Crippen LogP contribution in [0.4, 0.5) is 5.69 Å².